The molecule has 0 fully saturated rings. The topological polar surface area (TPSA) is 96.1 Å². The fraction of sp³-hybridized carbons (Fsp3) is 0.0714. The first-order valence-corrected chi connectivity index (χ1v) is 7.46. The summed E-state index contributed by atoms with van der Waals surface area (Å²) >= 11 is 6.83. The predicted molar refractivity (Wildman–Crippen MR) is 82.3 cm³/mol. The summed E-state index contributed by atoms with van der Waals surface area (Å²) in [6.45, 7) is 0. The lowest BCUT2D eigenvalue weighted by molar-refractivity contribution is -0.136. The van der Waals surface area contributed by atoms with Crippen molar-refractivity contribution >= 4 is 50.6 Å². The van der Waals surface area contributed by atoms with Gasteiger partial charge >= 0.3 is 11.9 Å². The normalized spacial score (nSPS) is 11.2. The van der Waals surface area contributed by atoms with E-state index in [2.05, 4.69) is 0 Å². The number of thiazole rings is 1. The summed E-state index contributed by atoms with van der Waals surface area (Å²) in [5, 5.41) is 19.2. The van der Waals surface area contributed by atoms with E-state index in [1.165, 1.54) is 16.7 Å². The summed E-state index contributed by atoms with van der Waals surface area (Å²) in [5.74, 6) is -3.86. The first-order chi connectivity index (χ1) is 10.8. The predicted octanol–water partition coefficient (Wildman–Crippen LogP) is 2.63. The highest BCUT2D eigenvalue weighted by molar-refractivity contribution is 7.16. The van der Waals surface area contributed by atoms with Gasteiger partial charge < -0.3 is 14.6 Å². The van der Waals surface area contributed by atoms with Gasteiger partial charge in [-0.05, 0) is 6.07 Å². The van der Waals surface area contributed by atoms with Crippen LogP contribution in [0.2, 0.25) is 5.02 Å². The highest BCUT2D eigenvalue weighted by atomic mass is 35.5. The second-order valence-electron chi connectivity index (χ2n) is 4.70. The third kappa shape index (κ3) is 2.27. The SMILES string of the molecule is O=C(O)Cc1c(F)c(Cl)cc2c1c(=O)c(C(=O)O)c1sccn12. The first-order valence-electron chi connectivity index (χ1n) is 6.20. The van der Waals surface area contributed by atoms with Crippen molar-refractivity contribution in [2.24, 2.45) is 0 Å². The quantitative estimate of drug-likeness (QED) is 0.753. The smallest absolute Gasteiger partial charge is 0.342 e. The number of pyridine rings is 1. The van der Waals surface area contributed by atoms with Crippen LogP contribution in [0.15, 0.2) is 22.4 Å². The molecule has 118 valence electrons. The molecule has 0 saturated heterocycles. The Balaban J connectivity index is 2.64. The minimum Gasteiger partial charge on any atom is -0.481 e. The lowest BCUT2D eigenvalue weighted by Gasteiger charge is -2.11. The van der Waals surface area contributed by atoms with Crippen molar-refractivity contribution in [3.05, 3.63) is 49.8 Å². The second-order valence-corrected chi connectivity index (χ2v) is 6.00. The number of carboxylic acid groups (broad SMARTS) is 2. The van der Waals surface area contributed by atoms with Crippen molar-refractivity contribution < 1.29 is 24.2 Å². The number of carboxylic acids is 2. The van der Waals surface area contributed by atoms with E-state index in [1.807, 2.05) is 0 Å². The number of nitrogens with zero attached hydrogens (tertiary/aromatic N) is 1. The Labute approximate surface area is 136 Å². The molecule has 2 N–H and O–H groups in total. The molecule has 1 aromatic carbocycles. The Morgan fingerprint density at radius 1 is 1.35 bits per heavy atom. The number of fused-ring (bicyclic) bond motifs is 3. The second kappa shape index (κ2) is 5.32. The van der Waals surface area contributed by atoms with E-state index >= 15 is 0 Å². The molecule has 0 saturated carbocycles. The summed E-state index contributed by atoms with van der Waals surface area (Å²) in [7, 11) is 0. The molecule has 3 rings (SSSR count). The van der Waals surface area contributed by atoms with Crippen LogP contribution in [0.3, 0.4) is 0 Å². The van der Waals surface area contributed by atoms with Gasteiger partial charge in [-0.15, -0.1) is 11.3 Å². The number of hydrogen-bond acceptors (Lipinski definition) is 4. The van der Waals surface area contributed by atoms with Crippen LogP contribution in [0, 0.1) is 5.82 Å². The van der Waals surface area contributed by atoms with Gasteiger partial charge in [0, 0.05) is 17.1 Å². The molecule has 0 amide bonds. The molecular formula is C14H7ClFNO5S. The van der Waals surface area contributed by atoms with E-state index in [1.54, 1.807) is 5.38 Å². The van der Waals surface area contributed by atoms with Gasteiger partial charge in [-0.1, -0.05) is 11.6 Å². The highest BCUT2D eigenvalue weighted by Gasteiger charge is 2.24. The highest BCUT2D eigenvalue weighted by Crippen LogP contribution is 2.30. The van der Waals surface area contributed by atoms with Crippen LogP contribution in [0.1, 0.15) is 15.9 Å². The first kappa shape index (κ1) is 15.4. The fourth-order valence-corrected chi connectivity index (χ4v) is 3.58. The molecule has 6 nitrogen and oxygen atoms in total. The van der Waals surface area contributed by atoms with Gasteiger partial charge in [0.25, 0.3) is 0 Å². The Bertz CT molecular complexity index is 1050. The molecule has 0 atom stereocenters. The maximum absolute atomic E-state index is 14.2. The summed E-state index contributed by atoms with van der Waals surface area (Å²) in [4.78, 5) is 35.1. The van der Waals surface area contributed by atoms with Gasteiger partial charge in [-0.25, -0.2) is 9.18 Å². The van der Waals surface area contributed by atoms with Crippen molar-refractivity contribution in [2.75, 3.05) is 0 Å². The third-order valence-electron chi connectivity index (χ3n) is 3.37. The van der Waals surface area contributed by atoms with E-state index in [0.717, 1.165) is 11.3 Å². The number of benzene rings is 1. The van der Waals surface area contributed by atoms with Crippen LogP contribution in [0.25, 0.3) is 15.7 Å². The van der Waals surface area contributed by atoms with E-state index in [4.69, 9.17) is 16.7 Å². The number of rotatable bonds is 3. The zero-order valence-corrected chi connectivity index (χ0v) is 12.7. The van der Waals surface area contributed by atoms with Gasteiger partial charge in [0.05, 0.1) is 22.3 Å². The molecule has 3 aromatic rings. The summed E-state index contributed by atoms with van der Waals surface area (Å²) < 4.78 is 15.6. The van der Waals surface area contributed by atoms with Crippen molar-refractivity contribution in [2.45, 2.75) is 6.42 Å². The largest absolute Gasteiger partial charge is 0.481 e. The molecule has 9 heteroatoms. The van der Waals surface area contributed by atoms with Crippen LogP contribution < -0.4 is 5.43 Å². The van der Waals surface area contributed by atoms with Crippen LogP contribution in [0.5, 0.6) is 0 Å². The molecule has 0 aliphatic heterocycles. The van der Waals surface area contributed by atoms with Crippen molar-refractivity contribution in [1.82, 2.24) is 4.40 Å². The van der Waals surface area contributed by atoms with Gasteiger partial charge in [-0.3, -0.25) is 9.59 Å². The Hall–Kier alpha value is -2.45. The number of halogens is 2. The zero-order valence-electron chi connectivity index (χ0n) is 11.2. The molecule has 2 aromatic heterocycles. The number of aliphatic carboxylic acids is 1. The van der Waals surface area contributed by atoms with Crippen LogP contribution in [-0.4, -0.2) is 26.6 Å². The third-order valence-corrected chi connectivity index (χ3v) is 4.53. The molecule has 0 bridgehead atoms. The van der Waals surface area contributed by atoms with Crippen molar-refractivity contribution in [3.63, 3.8) is 0 Å². The molecule has 0 unspecified atom stereocenters. The van der Waals surface area contributed by atoms with E-state index in [9.17, 15) is 23.9 Å². The average Bonchev–Trinajstić information content (AvgIpc) is 2.92. The van der Waals surface area contributed by atoms with E-state index in [0.29, 0.717) is 0 Å². The molecule has 0 aliphatic rings. The Morgan fingerprint density at radius 2 is 2.04 bits per heavy atom. The average molecular weight is 356 g/mol. The zero-order chi connectivity index (χ0) is 16.9. The minimum atomic E-state index is -1.46. The van der Waals surface area contributed by atoms with Gasteiger partial charge in [0.1, 0.15) is 16.2 Å². The number of aromatic carboxylic acids is 1. The van der Waals surface area contributed by atoms with E-state index in [-0.39, 0.29) is 20.8 Å². The molecule has 23 heavy (non-hydrogen) atoms. The van der Waals surface area contributed by atoms with Gasteiger partial charge in [0.2, 0.25) is 5.43 Å². The minimum absolute atomic E-state index is 0.166. The standard InChI is InChI=1S/C14H7ClFNO5S/c15-6-4-7-9(5(11(6)16)3-8(18)19)12(20)10(14(21)22)13-17(7)1-2-23-13/h1-2,4H,3H2,(H,18,19)(H,21,22). The van der Waals surface area contributed by atoms with Gasteiger partial charge in [-0.2, -0.15) is 0 Å². The maximum Gasteiger partial charge on any atom is 0.342 e. The summed E-state index contributed by atoms with van der Waals surface area (Å²) in [6, 6.07) is 1.18. The molecule has 0 aliphatic carbocycles. The molecule has 0 radical (unpaired) electrons. The van der Waals surface area contributed by atoms with Crippen molar-refractivity contribution in [1.29, 1.82) is 0 Å². The lowest BCUT2D eigenvalue weighted by atomic mass is 10.0. The molecule has 0 spiro atoms. The molecule has 2 heterocycles. The summed E-state index contributed by atoms with van der Waals surface area (Å²) in [6.07, 6.45) is 0.723. The van der Waals surface area contributed by atoms with Crippen LogP contribution >= 0.6 is 22.9 Å². The van der Waals surface area contributed by atoms with Crippen molar-refractivity contribution in [3.8, 4) is 0 Å². The number of aromatic nitrogens is 1. The van der Waals surface area contributed by atoms with E-state index < -0.39 is 40.7 Å². The van der Waals surface area contributed by atoms with Crippen LogP contribution in [0.4, 0.5) is 4.39 Å². The fourth-order valence-electron chi connectivity index (χ4n) is 2.48. The Kier molecular flexibility index (Phi) is 3.57. The monoisotopic (exact) mass is 355 g/mol. The van der Waals surface area contributed by atoms with Crippen LogP contribution in [-0.2, 0) is 11.2 Å². The van der Waals surface area contributed by atoms with Gasteiger partial charge in [0.15, 0.2) is 0 Å². The number of hydrogen-bond donors (Lipinski definition) is 2. The maximum atomic E-state index is 14.2. The molecular weight excluding hydrogens is 349 g/mol. The lowest BCUT2D eigenvalue weighted by Crippen LogP contribution is -2.20. The number of carbonyl (C=O) groups is 2. The summed E-state index contributed by atoms with van der Waals surface area (Å²) in [5.41, 5.74) is -1.71. The Morgan fingerprint density at radius 3 is 2.65 bits per heavy atom.